The second-order valence-corrected chi connectivity index (χ2v) is 6.79. The standard InChI is InChI=1S/C19H25N3O6/c1-27-8-6-21-15-5-4-13(19(25)26)9-16(15)22(12-18(21)24)17(23)11-20-10-14-3-2-7-28-14/h4-5,9,14,20H,2-3,6-8,10-12H2,1H3,(H,25,26). The van der Waals surface area contributed by atoms with Gasteiger partial charge in [-0.05, 0) is 31.0 Å². The second kappa shape index (κ2) is 9.13. The summed E-state index contributed by atoms with van der Waals surface area (Å²) < 4.78 is 10.6. The number of aromatic carboxylic acids is 1. The number of methoxy groups -OCH3 is 1. The Kier molecular flexibility index (Phi) is 6.61. The minimum atomic E-state index is -1.09. The number of carbonyl (C=O) groups is 3. The number of nitrogens with one attached hydrogen (secondary N) is 1. The Labute approximate surface area is 163 Å². The van der Waals surface area contributed by atoms with Crippen molar-refractivity contribution in [3.8, 4) is 0 Å². The summed E-state index contributed by atoms with van der Waals surface area (Å²) in [5, 5.41) is 12.4. The molecule has 0 bridgehead atoms. The van der Waals surface area contributed by atoms with Gasteiger partial charge in [-0.25, -0.2) is 4.79 Å². The third kappa shape index (κ3) is 4.49. The van der Waals surface area contributed by atoms with Gasteiger partial charge in [-0.2, -0.15) is 0 Å². The van der Waals surface area contributed by atoms with Crippen LogP contribution in [0.1, 0.15) is 23.2 Å². The average molecular weight is 391 g/mol. The lowest BCUT2D eigenvalue weighted by Gasteiger charge is -2.36. The van der Waals surface area contributed by atoms with Crippen LogP contribution in [0.3, 0.4) is 0 Å². The number of benzene rings is 1. The van der Waals surface area contributed by atoms with Crippen LogP contribution in [0.15, 0.2) is 18.2 Å². The molecular formula is C19H25N3O6. The number of carbonyl (C=O) groups excluding carboxylic acids is 2. The van der Waals surface area contributed by atoms with E-state index in [-0.39, 0.29) is 36.6 Å². The van der Waals surface area contributed by atoms with E-state index in [0.29, 0.717) is 31.1 Å². The molecule has 0 aliphatic carbocycles. The summed E-state index contributed by atoms with van der Waals surface area (Å²) in [5.41, 5.74) is 0.982. The molecule has 2 heterocycles. The molecule has 1 atom stereocenters. The van der Waals surface area contributed by atoms with Crippen LogP contribution in [0.2, 0.25) is 0 Å². The summed E-state index contributed by atoms with van der Waals surface area (Å²) in [5.74, 6) is -1.62. The van der Waals surface area contributed by atoms with Crippen molar-refractivity contribution in [1.29, 1.82) is 0 Å². The van der Waals surface area contributed by atoms with Crippen LogP contribution in [0, 0.1) is 0 Å². The van der Waals surface area contributed by atoms with Crippen molar-refractivity contribution in [2.45, 2.75) is 18.9 Å². The van der Waals surface area contributed by atoms with Crippen molar-refractivity contribution >= 4 is 29.2 Å². The number of hydrogen-bond acceptors (Lipinski definition) is 6. The predicted octanol–water partition coefficient (Wildman–Crippen LogP) is 0.479. The Morgan fingerprint density at radius 3 is 2.86 bits per heavy atom. The van der Waals surface area contributed by atoms with E-state index in [4.69, 9.17) is 9.47 Å². The largest absolute Gasteiger partial charge is 0.478 e. The molecule has 152 valence electrons. The molecule has 0 saturated carbocycles. The van der Waals surface area contributed by atoms with Crippen LogP contribution in [0.5, 0.6) is 0 Å². The van der Waals surface area contributed by atoms with E-state index in [1.165, 1.54) is 21.9 Å². The number of anilines is 2. The highest BCUT2D eigenvalue weighted by atomic mass is 16.5. The zero-order chi connectivity index (χ0) is 20.1. The van der Waals surface area contributed by atoms with Crippen molar-refractivity contribution in [2.24, 2.45) is 0 Å². The van der Waals surface area contributed by atoms with Crippen molar-refractivity contribution in [2.75, 3.05) is 56.3 Å². The van der Waals surface area contributed by atoms with Gasteiger partial charge in [0.2, 0.25) is 11.8 Å². The number of carboxylic acid groups (broad SMARTS) is 1. The van der Waals surface area contributed by atoms with Crippen molar-refractivity contribution < 1.29 is 29.0 Å². The quantitative estimate of drug-likeness (QED) is 0.663. The van der Waals surface area contributed by atoms with E-state index >= 15 is 0 Å². The van der Waals surface area contributed by atoms with Gasteiger partial charge >= 0.3 is 5.97 Å². The monoisotopic (exact) mass is 391 g/mol. The number of hydrogen-bond donors (Lipinski definition) is 2. The summed E-state index contributed by atoms with van der Waals surface area (Å²) in [6.07, 6.45) is 2.08. The molecule has 0 radical (unpaired) electrons. The Morgan fingerprint density at radius 1 is 1.36 bits per heavy atom. The number of carboxylic acids is 1. The maximum absolute atomic E-state index is 12.8. The molecule has 9 heteroatoms. The van der Waals surface area contributed by atoms with Gasteiger partial charge in [-0.3, -0.25) is 14.5 Å². The smallest absolute Gasteiger partial charge is 0.335 e. The van der Waals surface area contributed by atoms with Gasteiger partial charge in [-0.1, -0.05) is 0 Å². The first-order valence-corrected chi connectivity index (χ1v) is 9.30. The van der Waals surface area contributed by atoms with Crippen molar-refractivity contribution in [3.05, 3.63) is 23.8 Å². The maximum atomic E-state index is 12.8. The second-order valence-electron chi connectivity index (χ2n) is 6.79. The minimum Gasteiger partial charge on any atom is -0.478 e. The molecule has 2 N–H and O–H groups in total. The Morgan fingerprint density at radius 2 is 2.18 bits per heavy atom. The van der Waals surface area contributed by atoms with E-state index in [1.54, 1.807) is 13.2 Å². The molecule has 9 nitrogen and oxygen atoms in total. The highest BCUT2D eigenvalue weighted by Gasteiger charge is 2.33. The summed E-state index contributed by atoms with van der Waals surface area (Å²) in [7, 11) is 1.54. The van der Waals surface area contributed by atoms with Crippen LogP contribution in [-0.2, 0) is 19.1 Å². The normalized spacial score (nSPS) is 19.0. The first-order valence-electron chi connectivity index (χ1n) is 9.30. The van der Waals surface area contributed by atoms with Gasteiger partial charge in [0.1, 0.15) is 6.54 Å². The van der Waals surface area contributed by atoms with E-state index in [9.17, 15) is 19.5 Å². The fourth-order valence-corrected chi connectivity index (χ4v) is 3.43. The van der Waals surface area contributed by atoms with Gasteiger partial charge in [0.05, 0.1) is 36.2 Å². The topological polar surface area (TPSA) is 108 Å². The molecule has 1 fully saturated rings. The van der Waals surface area contributed by atoms with Crippen LogP contribution >= 0.6 is 0 Å². The molecule has 1 aromatic rings. The van der Waals surface area contributed by atoms with Crippen LogP contribution < -0.4 is 15.1 Å². The molecule has 0 aromatic heterocycles. The van der Waals surface area contributed by atoms with E-state index < -0.39 is 5.97 Å². The molecule has 1 aromatic carbocycles. The summed E-state index contributed by atoms with van der Waals surface area (Å²) >= 11 is 0. The van der Waals surface area contributed by atoms with Gasteiger partial charge in [0.15, 0.2) is 0 Å². The fraction of sp³-hybridized carbons (Fsp3) is 0.526. The molecular weight excluding hydrogens is 366 g/mol. The number of fused-ring (bicyclic) bond motifs is 1. The summed E-state index contributed by atoms with van der Waals surface area (Å²) in [6, 6.07) is 4.42. The molecule has 28 heavy (non-hydrogen) atoms. The molecule has 3 rings (SSSR count). The summed E-state index contributed by atoms with van der Waals surface area (Å²) in [6.45, 7) is 1.87. The number of nitrogens with zero attached hydrogens (tertiary/aromatic N) is 2. The van der Waals surface area contributed by atoms with E-state index in [1.807, 2.05) is 0 Å². The van der Waals surface area contributed by atoms with Crippen LogP contribution in [0.25, 0.3) is 0 Å². The average Bonchev–Trinajstić information content (AvgIpc) is 3.19. The van der Waals surface area contributed by atoms with Crippen LogP contribution in [-0.4, -0.2) is 75.5 Å². The predicted molar refractivity (Wildman–Crippen MR) is 102 cm³/mol. The molecule has 2 amide bonds. The Balaban J connectivity index is 1.78. The lowest BCUT2D eigenvalue weighted by Crippen LogP contribution is -2.51. The van der Waals surface area contributed by atoms with Crippen molar-refractivity contribution in [3.63, 3.8) is 0 Å². The molecule has 0 spiro atoms. The molecule has 1 saturated heterocycles. The van der Waals surface area contributed by atoms with Crippen molar-refractivity contribution in [1.82, 2.24) is 5.32 Å². The number of amides is 2. The zero-order valence-electron chi connectivity index (χ0n) is 15.8. The highest BCUT2D eigenvalue weighted by Crippen LogP contribution is 2.34. The zero-order valence-corrected chi connectivity index (χ0v) is 15.8. The molecule has 2 aliphatic heterocycles. The lowest BCUT2D eigenvalue weighted by molar-refractivity contribution is -0.122. The maximum Gasteiger partial charge on any atom is 0.335 e. The summed E-state index contributed by atoms with van der Waals surface area (Å²) in [4.78, 5) is 39.6. The minimum absolute atomic E-state index is 0.0436. The third-order valence-corrected chi connectivity index (χ3v) is 4.89. The lowest BCUT2D eigenvalue weighted by atomic mass is 10.1. The van der Waals surface area contributed by atoms with E-state index in [2.05, 4.69) is 5.32 Å². The highest BCUT2D eigenvalue weighted by molar-refractivity contribution is 6.12. The van der Waals surface area contributed by atoms with E-state index in [0.717, 1.165) is 19.4 Å². The van der Waals surface area contributed by atoms with Gasteiger partial charge in [-0.15, -0.1) is 0 Å². The molecule has 2 aliphatic rings. The van der Waals surface area contributed by atoms with Crippen LogP contribution in [0.4, 0.5) is 11.4 Å². The Hall–Kier alpha value is -2.49. The SMILES string of the molecule is COCCN1C(=O)CN(C(=O)CNCC2CCCO2)c2cc(C(=O)O)ccc21. The number of ether oxygens (including phenoxy) is 2. The third-order valence-electron chi connectivity index (χ3n) is 4.89. The number of rotatable bonds is 8. The first-order chi connectivity index (χ1) is 13.5. The first kappa shape index (κ1) is 20.2. The molecule has 1 unspecified atom stereocenters. The van der Waals surface area contributed by atoms with Gasteiger partial charge in [0.25, 0.3) is 0 Å². The fourth-order valence-electron chi connectivity index (χ4n) is 3.43. The van der Waals surface area contributed by atoms with Gasteiger partial charge < -0.3 is 24.8 Å². The van der Waals surface area contributed by atoms with Gasteiger partial charge in [0, 0.05) is 26.8 Å². The Bertz CT molecular complexity index is 747.